The van der Waals surface area contributed by atoms with Gasteiger partial charge in [0, 0.05) is 17.9 Å². The second-order valence-corrected chi connectivity index (χ2v) is 11.1. The van der Waals surface area contributed by atoms with Crippen molar-refractivity contribution in [2.75, 3.05) is 6.61 Å². The van der Waals surface area contributed by atoms with Crippen LogP contribution in [0.15, 0.2) is 11.6 Å². The third kappa shape index (κ3) is 3.31. The summed E-state index contributed by atoms with van der Waals surface area (Å²) in [4.78, 5) is 23.4. The Hall–Kier alpha value is -1.32. The Labute approximate surface area is 169 Å². The fraction of sp³-hybridized carbons (Fsp3) is 0.833. The highest BCUT2D eigenvalue weighted by atomic mass is 16.5. The van der Waals surface area contributed by atoms with Crippen molar-refractivity contribution < 1.29 is 14.3 Å². The van der Waals surface area contributed by atoms with Crippen LogP contribution >= 0.6 is 0 Å². The van der Waals surface area contributed by atoms with Gasteiger partial charge in [0.15, 0.2) is 0 Å². The molecule has 1 amide bonds. The molecule has 4 heteroatoms. The first kappa shape index (κ1) is 20.0. The van der Waals surface area contributed by atoms with Crippen LogP contribution in [-0.2, 0) is 14.3 Å². The minimum atomic E-state index is -0.363. The number of ether oxygens (including phenoxy) is 1. The number of nitrogens with two attached hydrogens (primary N) is 1. The van der Waals surface area contributed by atoms with E-state index >= 15 is 0 Å². The standard InChI is InChI=1S/C24H37NO3/c1-22(2)9-5-10-23(3)18(22)8-11-24(12-13-24)19(23)7-4-6-17-16(14-20(25)26)15-28-21(17)27/h6,16,18-19H,4-5,7-15H2,1-3H3,(H2,25,26)/b17-6-/t16-,18+,19-,23+/m1/s1. The lowest BCUT2D eigenvalue weighted by Crippen LogP contribution is -2.52. The molecule has 1 spiro atoms. The number of carbonyl (C=O) groups excluding carboxylic acids is 2. The van der Waals surface area contributed by atoms with Crippen molar-refractivity contribution in [1.29, 1.82) is 0 Å². The molecule has 4 aliphatic rings. The molecule has 0 aromatic carbocycles. The summed E-state index contributed by atoms with van der Waals surface area (Å²) in [6, 6.07) is 0. The number of fused-ring (bicyclic) bond motifs is 1. The Morgan fingerprint density at radius 1 is 1.18 bits per heavy atom. The van der Waals surface area contributed by atoms with E-state index in [-0.39, 0.29) is 24.2 Å². The number of rotatable bonds is 5. The van der Waals surface area contributed by atoms with Crippen LogP contribution in [0.2, 0.25) is 0 Å². The zero-order valence-corrected chi connectivity index (χ0v) is 17.9. The molecule has 4 nitrogen and oxygen atoms in total. The minimum absolute atomic E-state index is 0.150. The summed E-state index contributed by atoms with van der Waals surface area (Å²) >= 11 is 0. The summed E-state index contributed by atoms with van der Waals surface area (Å²) in [6.07, 6.45) is 14.0. The maximum Gasteiger partial charge on any atom is 0.334 e. The van der Waals surface area contributed by atoms with E-state index < -0.39 is 0 Å². The van der Waals surface area contributed by atoms with Gasteiger partial charge in [-0.05, 0) is 79.4 Å². The predicted molar refractivity (Wildman–Crippen MR) is 109 cm³/mol. The van der Waals surface area contributed by atoms with Crippen LogP contribution in [0.25, 0.3) is 0 Å². The molecule has 0 aromatic rings. The quantitative estimate of drug-likeness (QED) is 0.546. The number of allylic oxidation sites excluding steroid dienone is 1. The molecule has 4 fully saturated rings. The molecule has 0 aromatic heterocycles. The van der Waals surface area contributed by atoms with E-state index in [4.69, 9.17) is 10.5 Å². The maximum absolute atomic E-state index is 12.1. The van der Waals surface area contributed by atoms with Crippen molar-refractivity contribution in [2.24, 2.45) is 39.7 Å². The lowest BCUT2D eigenvalue weighted by atomic mass is 9.45. The third-order valence-electron chi connectivity index (χ3n) is 8.99. The van der Waals surface area contributed by atoms with Gasteiger partial charge in [-0.25, -0.2) is 4.79 Å². The lowest BCUT2D eigenvalue weighted by Gasteiger charge is -2.60. The van der Waals surface area contributed by atoms with E-state index in [1.165, 1.54) is 44.9 Å². The van der Waals surface area contributed by atoms with E-state index in [0.717, 1.165) is 24.7 Å². The van der Waals surface area contributed by atoms with Gasteiger partial charge in [0.05, 0.1) is 6.61 Å². The highest BCUT2D eigenvalue weighted by Gasteiger charge is 2.62. The molecular formula is C24H37NO3. The maximum atomic E-state index is 12.1. The topological polar surface area (TPSA) is 69.4 Å². The Bertz CT molecular complexity index is 690. The van der Waals surface area contributed by atoms with Crippen LogP contribution in [0.3, 0.4) is 0 Å². The summed E-state index contributed by atoms with van der Waals surface area (Å²) < 4.78 is 5.19. The molecule has 3 aliphatic carbocycles. The monoisotopic (exact) mass is 387 g/mol. The van der Waals surface area contributed by atoms with Crippen molar-refractivity contribution in [3.8, 4) is 0 Å². The number of amides is 1. The van der Waals surface area contributed by atoms with Crippen LogP contribution < -0.4 is 5.73 Å². The van der Waals surface area contributed by atoms with Crippen molar-refractivity contribution in [3.63, 3.8) is 0 Å². The van der Waals surface area contributed by atoms with Gasteiger partial charge in [-0.3, -0.25) is 4.79 Å². The van der Waals surface area contributed by atoms with Gasteiger partial charge >= 0.3 is 5.97 Å². The van der Waals surface area contributed by atoms with Crippen molar-refractivity contribution in [1.82, 2.24) is 0 Å². The summed E-state index contributed by atoms with van der Waals surface area (Å²) in [5, 5.41) is 0. The van der Waals surface area contributed by atoms with E-state index in [0.29, 0.717) is 28.4 Å². The van der Waals surface area contributed by atoms with Gasteiger partial charge in [0.25, 0.3) is 0 Å². The van der Waals surface area contributed by atoms with Gasteiger partial charge in [-0.1, -0.05) is 33.3 Å². The average molecular weight is 388 g/mol. The number of carbonyl (C=O) groups is 2. The summed E-state index contributed by atoms with van der Waals surface area (Å²) in [7, 11) is 0. The van der Waals surface area contributed by atoms with Gasteiger partial charge in [-0.15, -0.1) is 0 Å². The molecule has 1 aliphatic heterocycles. The largest absolute Gasteiger partial charge is 0.462 e. The first-order chi connectivity index (χ1) is 13.2. The first-order valence-corrected chi connectivity index (χ1v) is 11.3. The Balaban J connectivity index is 1.51. The lowest BCUT2D eigenvalue weighted by molar-refractivity contribution is -0.135. The molecule has 0 unspecified atom stereocenters. The van der Waals surface area contributed by atoms with Crippen molar-refractivity contribution in [2.45, 2.75) is 85.0 Å². The predicted octanol–water partition coefficient (Wildman–Crippen LogP) is 4.76. The first-order valence-electron chi connectivity index (χ1n) is 11.3. The molecule has 156 valence electrons. The number of hydrogen-bond acceptors (Lipinski definition) is 3. The zero-order valence-electron chi connectivity index (χ0n) is 17.9. The molecule has 4 atom stereocenters. The van der Waals surface area contributed by atoms with Gasteiger partial charge < -0.3 is 10.5 Å². The molecule has 1 saturated heterocycles. The third-order valence-corrected chi connectivity index (χ3v) is 8.99. The summed E-state index contributed by atoms with van der Waals surface area (Å²) in [5.41, 5.74) is 7.48. The smallest absolute Gasteiger partial charge is 0.334 e. The van der Waals surface area contributed by atoms with E-state index in [1.807, 2.05) is 0 Å². The van der Waals surface area contributed by atoms with Gasteiger partial charge in [-0.2, -0.15) is 0 Å². The summed E-state index contributed by atoms with van der Waals surface area (Å²) in [6.45, 7) is 7.86. The van der Waals surface area contributed by atoms with E-state index in [2.05, 4.69) is 26.8 Å². The molecular weight excluding hydrogens is 350 g/mol. The number of hydrogen-bond donors (Lipinski definition) is 1. The molecule has 4 rings (SSSR count). The number of primary amides is 1. The second kappa shape index (κ2) is 6.88. The fourth-order valence-corrected chi connectivity index (χ4v) is 7.59. The van der Waals surface area contributed by atoms with E-state index in [9.17, 15) is 9.59 Å². The highest BCUT2D eigenvalue weighted by molar-refractivity contribution is 5.92. The van der Waals surface area contributed by atoms with Crippen molar-refractivity contribution >= 4 is 11.9 Å². The highest BCUT2D eigenvalue weighted by Crippen LogP contribution is 2.72. The number of esters is 1. The van der Waals surface area contributed by atoms with Crippen LogP contribution in [-0.4, -0.2) is 18.5 Å². The molecule has 3 saturated carbocycles. The van der Waals surface area contributed by atoms with Gasteiger partial charge in [0.2, 0.25) is 5.91 Å². The Morgan fingerprint density at radius 2 is 1.93 bits per heavy atom. The van der Waals surface area contributed by atoms with E-state index in [1.54, 1.807) is 0 Å². The summed E-state index contributed by atoms with van der Waals surface area (Å²) in [5.74, 6) is 0.805. The van der Waals surface area contributed by atoms with Crippen LogP contribution in [0.4, 0.5) is 0 Å². The zero-order chi connectivity index (χ0) is 20.2. The Kier molecular flexibility index (Phi) is 4.91. The minimum Gasteiger partial charge on any atom is -0.462 e. The van der Waals surface area contributed by atoms with Crippen LogP contribution in [0, 0.1) is 34.0 Å². The SMILES string of the molecule is CC1(C)CCC[C@@]2(C)[C@H]1CCC1(CC1)[C@@H]2CC/C=C1\C(=O)OC[C@H]1CC(N)=O. The Morgan fingerprint density at radius 3 is 2.61 bits per heavy atom. The molecule has 0 bridgehead atoms. The normalized spacial score (nSPS) is 39.6. The fourth-order valence-electron chi connectivity index (χ4n) is 7.59. The molecule has 1 heterocycles. The van der Waals surface area contributed by atoms with Crippen LogP contribution in [0.5, 0.6) is 0 Å². The van der Waals surface area contributed by atoms with Gasteiger partial charge in [0.1, 0.15) is 0 Å². The molecule has 0 radical (unpaired) electrons. The van der Waals surface area contributed by atoms with Crippen molar-refractivity contribution in [3.05, 3.63) is 11.6 Å². The molecule has 28 heavy (non-hydrogen) atoms. The molecule has 2 N–H and O–H groups in total. The second-order valence-electron chi connectivity index (χ2n) is 11.1. The number of cyclic esters (lactones) is 1. The average Bonchev–Trinajstić information content (AvgIpc) is 3.28. The van der Waals surface area contributed by atoms with Crippen LogP contribution in [0.1, 0.15) is 85.0 Å².